The van der Waals surface area contributed by atoms with E-state index in [0.29, 0.717) is 28.3 Å². The molecule has 3 N–H and O–H groups in total. The Morgan fingerprint density at radius 2 is 1.50 bits per heavy atom. The summed E-state index contributed by atoms with van der Waals surface area (Å²) in [5.41, 5.74) is 2.01. The second-order valence-corrected chi connectivity index (χ2v) is 9.49. The van der Waals surface area contributed by atoms with Crippen molar-refractivity contribution in [3.05, 3.63) is 126 Å². The van der Waals surface area contributed by atoms with E-state index in [4.69, 9.17) is 4.74 Å². The third-order valence-corrected chi connectivity index (χ3v) is 6.59. The van der Waals surface area contributed by atoms with Gasteiger partial charge in [-0.1, -0.05) is 42.5 Å². The normalized spacial score (nSPS) is 10.9. The summed E-state index contributed by atoms with van der Waals surface area (Å²) in [5, 5.41) is 8.25. The number of benzene rings is 4. The third kappa shape index (κ3) is 8.05. The van der Waals surface area contributed by atoms with E-state index in [-0.39, 0.29) is 17.4 Å². The summed E-state index contributed by atoms with van der Waals surface area (Å²) in [7, 11) is 1.54. The van der Waals surface area contributed by atoms with Crippen LogP contribution in [-0.2, 0) is 9.59 Å². The number of para-hydroxylation sites is 2. The molecule has 0 unspecified atom stereocenters. The Labute approximate surface area is 235 Å². The standard InChI is InChI=1S/C31H26FN3O4S/c1-39-28-10-6-5-9-26(28)34-29(36)20-40-25-17-15-24(16-18-25)33-31(38)27(19-21-11-13-23(32)14-12-21)35-30(37)22-7-3-2-4-8-22/h2-19H,20H2,1H3,(H,33,38)(H,34,36)(H,35,37)/b27-19-. The molecule has 4 aromatic rings. The Balaban J connectivity index is 1.40. The average molecular weight is 556 g/mol. The van der Waals surface area contributed by atoms with Gasteiger partial charge in [0.05, 0.1) is 18.6 Å². The Hall–Kier alpha value is -4.89. The molecule has 202 valence electrons. The quantitative estimate of drug-likeness (QED) is 0.165. The lowest BCUT2D eigenvalue weighted by molar-refractivity contribution is -0.114. The average Bonchev–Trinajstić information content (AvgIpc) is 2.98. The topological polar surface area (TPSA) is 96.5 Å². The van der Waals surface area contributed by atoms with Crippen LogP contribution in [0.25, 0.3) is 6.08 Å². The molecule has 0 aromatic heterocycles. The second kappa shape index (κ2) is 13.8. The molecular formula is C31H26FN3O4S. The summed E-state index contributed by atoms with van der Waals surface area (Å²) in [6.07, 6.45) is 1.47. The summed E-state index contributed by atoms with van der Waals surface area (Å²) in [4.78, 5) is 39.1. The molecule has 40 heavy (non-hydrogen) atoms. The van der Waals surface area contributed by atoms with Crippen LogP contribution in [0, 0.1) is 5.82 Å². The third-order valence-electron chi connectivity index (χ3n) is 5.57. The molecule has 0 heterocycles. The Morgan fingerprint density at radius 1 is 0.825 bits per heavy atom. The molecule has 0 fully saturated rings. The van der Waals surface area contributed by atoms with E-state index in [0.717, 1.165) is 4.90 Å². The predicted molar refractivity (Wildman–Crippen MR) is 156 cm³/mol. The van der Waals surface area contributed by atoms with Gasteiger partial charge in [0.2, 0.25) is 5.91 Å². The van der Waals surface area contributed by atoms with Crippen molar-refractivity contribution in [2.75, 3.05) is 23.5 Å². The molecule has 0 aliphatic heterocycles. The van der Waals surface area contributed by atoms with Gasteiger partial charge in [-0.25, -0.2) is 4.39 Å². The number of amides is 3. The maximum absolute atomic E-state index is 13.4. The molecule has 0 atom stereocenters. The van der Waals surface area contributed by atoms with E-state index in [1.165, 1.54) is 42.1 Å². The van der Waals surface area contributed by atoms with Crippen molar-refractivity contribution in [1.82, 2.24) is 5.32 Å². The number of anilines is 2. The smallest absolute Gasteiger partial charge is 0.272 e. The fraction of sp³-hybridized carbons (Fsp3) is 0.0645. The molecule has 3 amide bonds. The molecule has 0 saturated heterocycles. The summed E-state index contributed by atoms with van der Waals surface area (Å²) < 4.78 is 18.6. The number of rotatable bonds is 10. The van der Waals surface area contributed by atoms with Crippen LogP contribution in [0.1, 0.15) is 15.9 Å². The highest BCUT2D eigenvalue weighted by molar-refractivity contribution is 8.00. The first-order valence-corrected chi connectivity index (χ1v) is 13.2. The number of carbonyl (C=O) groups excluding carboxylic acids is 3. The molecule has 0 aliphatic rings. The van der Waals surface area contributed by atoms with Gasteiger partial charge in [-0.2, -0.15) is 0 Å². The van der Waals surface area contributed by atoms with Gasteiger partial charge in [0.25, 0.3) is 11.8 Å². The van der Waals surface area contributed by atoms with Crippen LogP contribution in [0.15, 0.2) is 114 Å². The summed E-state index contributed by atoms with van der Waals surface area (Å²) >= 11 is 1.34. The Kier molecular flexibility index (Phi) is 9.68. The molecule has 4 rings (SSSR count). The van der Waals surface area contributed by atoms with Gasteiger partial charge in [0.15, 0.2) is 0 Å². The van der Waals surface area contributed by atoms with Crippen molar-refractivity contribution < 1.29 is 23.5 Å². The summed E-state index contributed by atoms with van der Waals surface area (Å²) in [6, 6.07) is 28.2. The molecule has 4 aromatic carbocycles. The van der Waals surface area contributed by atoms with E-state index >= 15 is 0 Å². The van der Waals surface area contributed by atoms with Crippen LogP contribution in [0.5, 0.6) is 5.75 Å². The minimum Gasteiger partial charge on any atom is -0.495 e. The van der Waals surface area contributed by atoms with Crippen molar-refractivity contribution in [3.63, 3.8) is 0 Å². The van der Waals surface area contributed by atoms with E-state index in [1.807, 2.05) is 12.1 Å². The van der Waals surface area contributed by atoms with Gasteiger partial charge < -0.3 is 20.7 Å². The summed E-state index contributed by atoms with van der Waals surface area (Å²) in [5.74, 6) is -0.843. The van der Waals surface area contributed by atoms with Gasteiger partial charge in [-0.3, -0.25) is 14.4 Å². The monoisotopic (exact) mass is 555 g/mol. The predicted octanol–water partition coefficient (Wildman–Crippen LogP) is 5.97. The fourth-order valence-corrected chi connectivity index (χ4v) is 4.28. The van der Waals surface area contributed by atoms with Crippen LogP contribution >= 0.6 is 11.8 Å². The van der Waals surface area contributed by atoms with Gasteiger partial charge in [0.1, 0.15) is 17.3 Å². The van der Waals surface area contributed by atoms with Crippen molar-refractivity contribution >= 4 is 46.9 Å². The zero-order valence-corrected chi connectivity index (χ0v) is 22.3. The van der Waals surface area contributed by atoms with Crippen molar-refractivity contribution in [2.45, 2.75) is 4.90 Å². The van der Waals surface area contributed by atoms with Crippen LogP contribution in [-0.4, -0.2) is 30.6 Å². The van der Waals surface area contributed by atoms with Crippen LogP contribution in [0.4, 0.5) is 15.8 Å². The zero-order valence-electron chi connectivity index (χ0n) is 21.5. The minimum absolute atomic E-state index is 0.00748. The maximum Gasteiger partial charge on any atom is 0.272 e. The van der Waals surface area contributed by atoms with Crippen LogP contribution in [0.3, 0.4) is 0 Å². The number of carbonyl (C=O) groups is 3. The number of ether oxygens (including phenoxy) is 1. The lowest BCUT2D eigenvalue weighted by Crippen LogP contribution is -2.30. The highest BCUT2D eigenvalue weighted by Gasteiger charge is 2.15. The largest absolute Gasteiger partial charge is 0.495 e. The Morgan fingerprint density at radius 3 is 2.20 bits per heavy atom. The first kappa shape index (κ1) is 28.1. The number of thioether (sulfide) groups is 1. The van der Waals surface area contributed by atoms with Crippen molar-refractivity contribution in [3.8, 4) is 5.75 Å². The summed E-state index contributed by atoms with van der Waals surface area (Å²) in [6.45, 7) is 0. The fourth-order valence-electron chi connectivity index (χ4n) is 3.58. The highest BCUT2D eigenvalue weighted by atomic mass is 32.2. The molecule has 9 heteroatoms. The van der Waals surface area contributed by atoms with Gasteiger partial charge in [-0.15, -0.1) is 11.8 Å². The molecular weight excluding hydrogens is 529 g/mol. The minimum atomic E-state index is -0.551. The maximum atomic E-state index is 13.4. The molecule has 0 aliphatic carbocycles. The highest BCUT2D eigenvalue weighted by Crippen LogP contribution is 2.25. The zero-order chi connectivity index (χ0) is 28.3. The van der Waals surface area contributed by atoms with E-state index in [9.17, 15) is 18.8 Å². The van der Waals surface area contributed by atoms with Crippen molar-refractivity contribution in [1.29, 1.82) is 0 Å². The lowest BCUT2D eigenvalue weighted by Gasteiger charge is -2.12. The number of hydrogen-bond donors (Lipinski definition) is 3. The second-order valence-electron chi connectivity index (χ2n) is 8.45. The molecule has 0 saturated carbocycles. The van der Waals surface area contributed by atoms with Gasteiger partial charge >= 0.3 is 0 Å². The number of nitrogens with one attached hydrogen (secondary N) is 3. The van der Waals surface area contributed by atoms with E-state index in [2.05, 4.69) is 16.0 Å². The molecule has 0 bridgehead atoms. The van der Waals surface area contributed by atoms with Crippen LogP contribution < -0.4 is 20.7 Å². The van der Waals surface area contributed by atoms with Gasteiger partial charge in [-0.05, 0) is 72.3 Å². The van der Waals surface area contributed by atoms with E-state index in [1.54, 1.807) is 73.8 Å². The molecule has 0 radical (unpaired) electrons. The van der Waals surface area contributed by atoms with Crippen molar-refractivity contribution in [2.24, 2.45) is 0 Å². The van der Waals surface area contributed by atoms with Gasteiger partial charge in [0, 0.05) is 16.1 Å². The SMILES string of the molecule is COc1ccccc1NC(=O)CSc1ccc(NC(=O)/C(=C/c2ccc(F)cc2)NC(=O)c2ccccc2)cc1. The number of halogens is 1. The molecule has 0 spiro atoms. The lowest BCUT2D eigenvalue weighted by atomic mass is 10.1. The number of hydrogen-bond acceptors (Lipinski definition) is 5. The van der Waals surface area contributed by atoms with E-state index < -0.39 is 17.6 Å². The van der Waals surface area contributed by atoms with Crippen LogP contribution in [0.2, 0.25) is 0 Å². The molecule has 7 nitrogen and oxygen atoms in total. The Bertz CT molecular complexity index is 1510. The number of methoxy groups -OCH3 is 1. The first-order valence-electron chi connectivity index (χ1n) is 12.2. The first-order chi connectivity index (χ1) is 19.4.